The third kappa shape index (κ3) is 3.51. The van der Waals surface area contributed by atoms with E-state index < -0.39 is 5.79 Å². The van der Waals surface area contributed by atoms with Crippen LogP contribution in [0.3, 0.4) is 0 Å². The molecular weight excluding hydrogens is 336 g/mol. The highest BCUT2D eigenvalue weighted by molar-refractivity contribution is 5.82. The molecule has 1 heterocycles. The minimum Gasteiger partial charge on any atom is -0.348 e. The Labute approximate surface area is 159 Å². The fourth-order valence-corrected chi connectivity index (χ4v) is 3.97. The van der Waals surface area contributed by atoms with Gasteiger partial charge in [0.2, 0.25) is 0 Å². The van der Waals surface area contributed by atoms with E-state index in [1.807, 2.05) is 48.5 Å². The first kappa shape index (κ1) is 17.5. The number of benzene rings is 2. The zero-order valence-electron chi connectivity index (χ0n) is 15.1. The van der Waals surface area contributed by atoms with E-state index >= 15 is 0 Å². The molecule has 1 aliphatic heterocycles. The van der Waals surface area contributed by atoms with Gasteiger partial charge in [-0.15, -0.1) is 0 Å². The molecule has 134 valence electrons. The second kappa shape index (κ2) is 7.37. The predicted octanol–water partition coefficient (Wildman–Crippen LogP) is 4.55. The van der Waals surface area contributed by atoms with Crippen molar-refractivity contribution in [2.45, 2.75) is 31.5 Å². The van der Waals surface area contributed by atoms with Crippen LogP contribution >= 0.6 is 0 Å². The summed E-state index contributed by atoms with van der Waals surface area (Å²) in [5, 5.41) is 18.2. The maximum absolute atomic E-state index is 9.09. The van der Waals surface area contributed by atoms with Crippen molar-refractivity contribution in [3.63, 3.8) is 0 Å². The van der Waals surface area contributed by atoms with E-state index in [9.17, 15) is 0 Å². The zero-order chi connectivity index (χ0) is 18.7. The van der Waals surface area contributed by atoms with Gasteiger partial charge in [-0.2, -0.15) is 10.5 Å². The van der Waals surface area contributed by atoms with Crippen molar-refractivity contribution < 1.29 is 9.47 Å². The Morgan fingerprint density at radius 3 is 1.59 bits per heavy atom. The van der Waals surface area contributed by atoms with Crippen molar-refractivity contribution in [3.05, 3.63) is 76.4 Å². The molecule has 0 unspecified atom stereocenters. The van der Waals surface area contributed by atoms with Gasteiger partial charge >= 0.3 is 0 Å². The summed E-state index contributed by atoms with van der Waals surface area (Å²) < 4.78 is 11.7. The van der Waals surface area contributed by atoms with Crippen LogP contribution in [0.5, 0.6) is 0 Å². The lowest BCUT2D eigenvalue weighted by Gasteiger charge is -2.33. The number of allylic oxidation sites excluding steroid dienone is 1. The molecule has 2 fully saturated rings. The van der Waals surface area contributed by atoms with E-state index in [0.717, 1.165) is 36.8 Å². The third-order valence-corrected chi connectivity index (χ3v) is 5.39. The summed E-state index contributed by atoms with van der Waals surface area (Å²) in [5.41, 5.74) is 6.05. The van der Waals surface area contributed by atoms with Crippen LogP contribution in [-0.2, 0) is 9.47 Å². The summed E-state index contributed by atoms with van der Waals surface area (Å²) in [5.74, 6) is -0.399. The molecule has 0 bridgehead atoms. The zero-order valence-corrected chi connectivity index (χ0v) is 15.1. The average Bonchev–Trinajstić information content (AvgIpc) is 3.19. The summed E-state index contributed by atoms with van der Waals surface area (Å²) in [4.78, 5) is 0. The lowest BCUT2D eigenvalue weighted by molar-refractivity contribution is -0.171. The van der Waals surface area contributed by atoms with E-state index in [-0.39, 0.29) is 0 Å². The molecule has 27 heavy (non-hydrogen) atoms. The SMILES string of the molecule is N#Cc1ccc(C(=C2CCC3(CC2)OCCO3)c2ccc(C#N)cc2)cc1. The first-order chi connectivity index (χ1) is 13.2. The van der Waals surface area contributed by atoms with Gasteiger partial charge in [0, 0.05) is 12.8 Å². The summed E-state index contributed by atoms with van der Waals surface area (Å²) in [6, 6.07) is 19.8. The van der Waals surface area contributed by atoms with Gasteiger partial charge in [-0.25, -0.2) is 0 Å². The van der Waals surface area contributed by atoms with Crippen LogP contribution in [0.1, 0.15) is 47.9 Å². The number of ether oxygens (including phenoxy) is 2. The maximum Gasteiger partial charge on any atom is 0.169 e. The lowest BCUT2D eigenvalue weighted by atomic mass is 9.82. The number of rotatable bonds is 2. The summed E-state index contributed by atoms with van der Waals surface area (Å²) >= 11 is 0. The molecule has 0 radical (unpaired) electrons. The highest BCUT2D eigenvalue weighted by Crippen LogP contribution is 2.42. The van der Waals surface area contributed by atoms with Crippen LogP contribution in [0.2, 0.25) is 0 Å². The number of nitrogens with zero attached hydrogens (tertiary/aromatic N) is 2. The molecular formula is C23H20N2O2. The Balaban J connectivity index is 1.73. The molecule has 2 aromatic carbocycles. The van der Waals surface area contributed by atoms with Crippen LogP contribution in [0.15, 0.2) is 54.1 Å². The van der Waals surface area contributed by atoms with E-state index in [1.165, 1.54) is 11.1 Å². The molecule has 0 N–H and O–H groups in total. The van der Waals surface area contributed by atoms with Gasteiger partial charge in [0.1, 0.15) is 0 Å². The molecule has 0 amide bonds. The Bertz CT molecular complexity index is 866. The normalized spacial score (nSPS) is 18.1. The van der Waals surface area contributed by atoms with Crippen LogP contribution in [-0.4, -0.2) is 19.0 Å². The highest BCUT2D eigenvalue weighted by Gasteiger charge is 2.39. The van der Waals surface area contributed by atoms with E-state index in [1.54, 1.807) is 0 Å². The monoisotopic (exact) mass is 356 g/mol. The van der Waals surface area contributed by atoms with Gasteiger partial charge in [-0.3, -0.25) is 0 Å². The van der Waals surface area contributed by atoms with Gasteiger partial charge in [0.15, 0.2) is 5.79 Å². The van der Waals surface area contributed by atoms with E-state index in [2.05, 4.69) is 12.1 Å². The highest BCUT2D eigenvalue weighted by atomic mass is 16.7. The molecule has 1 aliphatic carbocycles. The van der Waals surface area contributed by atoms with Crippen molar-refractivity contribution in [2.24, 2.45) is 0 Å². The molecule has 1 saturated carbocycles. The minimum atomic E-state index is -0.399. The lowest BCUT2D eigenvalue weighted by Crippen LogP contribution is -2.33. The molecule has 0 aromatic heterocycles. The maximum atomic E-state index is 9.09. The summed E-state index contributed by atoms with van der Waals surface area (Å²) in [7, 11) is 0. The molecule has 4 heteroatoms. The topological polar surface area (TPSA) is 66.0 Å². The molecule has 1 spiro atoms. The Morgan fingerprint density at radius 2 is 1.19 bits per heavy atom. The van der Waals surface area contributed by atoms with Crippen LogP contribution in [0, 0.1) is 22.7 Å². The Kier molecular flexibility index (Phi) is 4.77. The number of hydrogen-bond donors (Lipinski definition) is 0. The van der Waals surface area contributed by atoms with Crippen molar-refractivity contribution in [1.29, 1.82) is 10.5 Å². The molecule has 4 nitrogen and oxygen atoms in total. The van der Waals surface area contributed by atoms with Crippen LogP contribution < -0.4 is 0 Å². The standard InChI is InChI=1S/C23H20N2O2/c24-15-17-1-5-19(6-2-17)22(20-7-3-18(16-25)4-8-20)21-9-11-23(12-10-21)26-13-14-27-23/h1-8H,9-14H2. The third-order valence-electron chi connectivity index (χ3n) is 5.39. The second-order valence-electron chi connectivity index (χ2n) is 6.96. The summed E-state index contributed by atoms with van der Waals surface area (Å²) in [6.07, 6.45) is 3.54. The Hall–Kier alpha value is -2.92. The predicted molar refractivity (Wildman–Crippen MR) is 101 cm³/mol. The van der Waals surface area contributed by atoms with Crippen molar-refractivity contribution in [2.75, 3.05) is 13.2 Å². The largest absolute Gasteiger partial charge is 0.348 e. The quantitative estimate of drug-likeness (QED) is 0.792. The van der Waals surface area contributed by atoms with Crippen molar-refractivity contribution in [1.82, 2.24) is 0 Å². The Morgan fingerprint density at radius 1 is 0.741 bits per heavy atom. The second-order valence-corrected chi connectivity index (χ2v) is 6.96. The van der Waals surface area contributed by atoms with E-state index in [4.69, 9.17) is 20.0 Å². The first-order valence-electron chi connectivity index (χ1n) is 9.24. The van der Waals surface area contributed by atoms with Crippen LogP contribution in [0.25, 0.3) is 5.57 Å². The van der Waals surface area contributed by atoms with Gasteiger partial charge in [-0.1, -0.05) is 29.8 Å². The van der Waals surface area contributed by atoms with Gasteiger partial charge in [-0.05, 0) is 53.8 Å². The minimum absolute atomic E-state index is 0.399. The smallest absolute Gasteiger partial charge is 0.169 e. The number of hydrogen-bond acceptors (Lipinski definition) is 4. The average molecular weight is 356 g/mol. The van der Waals surface area contributed by atoms with Crippen molar-refractivity contribution in [3.8, 4) is 12.1 Å². The molecule has 2 aromatic rings. The van der Waals surface area contributed by atoms with Crippen molar-refractivity contribution >= 4 is 5.57 Å². The van der Waals surface area contributed by atoms with E-state index in [0.29, 0.717) is 24.3 Å². The molecule has 0 atom stereocenters. The van der Waals surface area contributed by atoms with Gasteiger partial charge in [0.25, 0.3) is 0 Å². The molecule has 2 aliphatic rings. The number of nitriles is 2. The molecule has 1 saturated heterocycles. The summed E-state index contributed by atoms with van der Waals surface area (Å²) in [6.45, 7) is 1.36. The van der Waals surface area contributed by atoms with Gasteiger partial charge < -0.3 is 9.47 Å². The van der Waals surface area contributed by atoms with Crippen LogP contribution in [0.4, 0.5) is 0 Å². The fraction of sp³-hybridized carbons (Fsp3) is 0.304. The fourth-order valence-electron chi connectivity index (χ4n) is 3.97. The van der Waals surface area contributed by atoms with Gasteiger partial charge in [0.05, 0.1) is 36.5 Å². The first-order valence-corrected chi connectivity index (χ1v) is 9.24. The molecule has 4 rings (SSSR count).